The number of methoxy groups -OCH3 is 1. The molecule has 0 amide bonds. The SMILES string of the molecule is COc1ccc(-c2noc(C(C)=O)n2)cc1F. The molecule has 0 unspecified atom stereocenters. The molecule has 17 heavy (non-hydrogen) atoms. The number of benzene rings is 1. The monoisotopic (exact) mass is 236 g/mol. The van der Waals surface area contributed by atoms with Gasteiger partial charge in [0.15, 0.2) is 11.6 Å². The zero-order valence-electron chi connectivity index (χ0n) is 9.23. The van der Waals surface area contributed by atoms with E-state index in [1.54, 1.807) is 6.07 Å². The third-order valence-electron chi connectivity index (χ3n) is 2.14. The average Bonchev–Trinajstić information content (AvgIpc) is 2.78. The Morgan fingerprint density at radius 2 is 2.24 bits per heavy atom. The summed E-state index contributed by atoms with van der Waals surface area (Å²) in [5, 5.41) is 3.59. The molecule has 0 spiro atoms. The van der Waals surface area contributed by atoms with Crippen LogP contribution in [0.4, 0.5) is 4.39 Å². The molecule has 0 saturated carbocycles. The standard InChI is InChI=1S/C11H9FN2O3/c1-6(15)11-13-10(14-17-11)7-3-4-9(16-2)8(12)5-7/h3-5H,1-2H3. The summed E-state index contributed by atoms with van der Waals surface area (Å²) in [7, 11) is 1.38. The fourth-order valence-corrected chi connectivity index (χ4v) is 1.29. The lowest BCUT2D eigenvalue weighted by molar-refractivity contribution is 0.0972. The van der Waals surface area contributed by atoms with Gasteiger partial charge in [0.05, 0.1) is 7.11 Å². The molecule has 2 aromatic rings. The van der Waals surface area contributed by atoms with E-state index in [9.17, 15) is 9.18 Å². The quantitative estimate of drug-likeness (QED) is 0.763. The molecular weight excluding hydrogens is 227 g/mol. The maximum absolute atomic E-state index is 13.4. The number of Topliss-reactive ketones (excluding diaryl/α,β-unsaturated/α-hetero) is 1. The topological polar surface area (TPSA) is 65.2 Å². The first-order chi connectivity index (χ1) is 8.11. The van der Waals surface area contributed by atoms with E-state index in [0.29, 0.717) is 5.56 Å². The number of hydrogen-bond donors (Lipinski definition) is 0. The summed E-state index contributed by atoms with van der Waals surface area (Å²) in [5.41, 5.74) is 0.416. The second-order valence-electron chi connectivity index (χ2n) is 3.33. The van der Waals surface area contributed by atoms with Gasteiger partial charge in [0.2, 0.25) is 11.6 Å². The van der Waals surface area contributed by atoms with Gasteiger partial charge >= 0.3 is 0 Å². The highest BCUT2D eigenvalue weighted by Crippen LogP contribution is 2.23. The number of nitrogens with zero attached hydrogens (tertiary/aromatic N) is 2. The predicted octanol–water partition coefficient (Wildman–Crippen LogP) is 2.09. The molecule has 0 saturated heterocycles. The van der Waals surface area contributed by atoms with Crippen molar-refractivity contribution < 1.29 is 18.4 Å². The Morgan fingerprint density at radius 3 is 2.76 bits per heavy atom. The van der Waals surface area contributed by atoms with Crippen molar-refractivity contribution in [3.05, 3.63) is 29.9 Å². The average molecular weight is 236 g/mol. The fourth-order valence-electron chi connectivity index (χ4n) is 1.29. The van der Waals surface area contributed by atoms with Crippen molar-refractivity contribution in [2.24, 2.45) is 0 Å². The van der Waals surface area contributed by atoms with Crippen LogP contribution in [-0.2, 0) is 0 Å². The molecular formula is C11H9FN2O3. The Balaban J connectivity index is 2.39. The van der Waals surface area contributed by atoms with Gasteiger partial charge in [-0.2, -0.15) is 4.98 Å². The van der Waals surface area contributed by atoms with Gasteiger partial charge < -0.3 is 9.26 Å². The van der Waals surface area contributed by atoms with E-state index in [2.05, 4.69) is 10.1 Å². The number of halogens is 1. The maximum Gasteiger partial charge on any atom is 0.294 e. The summed E-state index contributed by atoms with van der Waals surface area (Å²) in [6.07, 6.45) is 0. The second-order valence-corrected chi connectivity index (χ2v) is 3.33. The highest BCUT2D eigenvalue weighted by molar-refractivity contribution is 5.89. The molecule has 0 aliphatic rings. The first kappa shape index (κ1) is 11.3. The van der Waals surface area contributed by atoms with Crippen LogP contribution in [0.25, 0.3) is 11.4 Å². The number of carbonyl (C=O) groups is 1. The number of ketones is 1. The molecule has 0 N–H and O–H groups in total. The first-order valence-corrected chi connectivity index (χ1v) is 4.80. The van der Waals surface area contributed by atoms with E-state index in [4.69, 9.17) is 9.26 Å². The van der Waals surface area contributed by atoms with Crippen LogP contribution in [0.2, 0.25) is 0 Å². The summed E-state index contributed by atoms with van der Waals surface area (Å²) < 4.78 is 22.9. The Kier molecular flexibility index (Phi) is 2.86. The summed E-state index contributed by atoms with van der Waals surface area (Å²) in [5.74, 6) is -0.672. The van der Waals surface area contributed by atoms with E-state index in [1.165, 1.54) is 26.2 Å². The number of carbonyl (C=O) groups excluding carboxylic acids is 1. The maximum atomic E-state index is 13.4. The molecule has 1 aromatic carbocycles. The van der Waals surface area contributed by atoms with Crippen molar-refractivity contribution in [2.75, 3.05) is 7.11 Å². The van der Waals surface area contributed by atoms with E-state index >= 15 is 0 Å². The van der Waals surface area contributed by atoms with Crippen LogP contribution in [-0.4, -0.2) is 23.0 Å². The number of rotatable bonds is 3. The molecule has 6 heteroatoms. The van der Waals surface area contributed by atoms with Gasteiger partial charge in [-0.25, -0.2) is 4.39 Å². The Morgan fingerprint density at radius 1 is 1.47 bits per heavy atom. The Hall–Kier alpha value is -2.24. The predicted molar refractivity (Wildman–Crippen MR) is 56.2 cm³/mol. The number of ether oxygens (including phenoxy) is 1. The largest absolute Gasteiger partial charge is 0.494 e. The van der Waals surface area contributed by atoms with Gasteiger partial charge in [-0.3, -0.25) is 4.79 Å². The molecule has 1 aromatic heterocycles. The van der Waals surface area contributed by atoms with Gasteiger partial charge in [-0.1, -0.05) is 5.16 Å². The molecule has 1 heterocycles. The van der Waals surface area contributed by atoms with E-state index in [0.717, 1.165) is 0 Å². The lowest BCUT2D eigenvalue weighted by Gasteiger charge is -2.01. The van der Waals surface area contributed by atoms with Crippen molar-refractivity contribution >= 4 is 5.78 Å². The highest BCUT2D eigenvalue weighted by atomic mass is 19.1. The van der Waals surface area contributed by atoms with Crippen LogP contribution in [0.1, 0.15) is 17.6 Å². The minimum atomic E-state index is -0.529. The summed E-state index contributed by atoms with van der Waals surface area (Å²) >= 11 is 0. The molecule has 5 nitrogen and oxygen atoms in total. The van der Waals surface area contributed by atoms with Crippen molar-refractivity contribution in [3.63, 3.8) is 0 Å². The Labute approximate surface area is 96.2 Å². The van der Waals surface area contributed by atoms with Crippen molar-refractivity contribution in [2.45, 2.75) is 6.92 Å². The van der Waals surface area contributed by atoms with Gasteiger partial charge in [-0.05, 0) is 18.2 Å². The van der Waals surface area contributed by atoms with Crippen molar-refractivity contribution in [1.82, 2.24) is 10.1 Å². The third kappa shape index (κ3) is 2.15. The summed E-state index contributed by atoms with van der Waals surface area (Å²) in [6, 6.07) is 4.25. The molecule has 2 rings (SSSR count). The number of hydrogen-bond acceptors (Lipinski definition) is 5. The minimum Gasteiger partial charge on any atom is -0.494 e. The minimum absolute atomic E-state index is 0.101. The first-order valence-electron chi connectivity index (χ1n) is 4.80. The molecule has 0 aliphatic carbocycles. The summed E-state index contributed by atoms with van der Waals surface area (Å²) in [6.45, 7) is 1.31. The van der Waals surface area contributed by atoms with Crippen molar-refractivity contribution in [1.29, 1.82) is 0 Å². The Bertz CT molecular complexity index is 566. The zero-order valence-corrected chi connectivity index (χ0v) is 9.23. The molecule has 0 radical (unpaired) electrons. The highest BCUT2D eigenvalue weighted by Gasteiger charge is 2.13. The fraction of sp³-hybridized carbons (Fsp3) is 0.182. The summed E-state index contributed by atoms with van der Waals surface area (Å²) in [4.78, 5) is 14.8. The molecule has 0 atom stereocenters. The van der Waals surface area contributed by atoms with Crippen LogP contribution in [0.5, 0.6) is 5.75 Å². The zero-order chi connectivity index (χ0) is 12.4. The lowest BCUT2D eigenvalue weighted by atomic mass is 10.2. The molecule has 0 fully saturated rings. The normalized spacial score (nSPS) is 10.3. The van der Waals surface area contributed by atoms with E-state index in [1.807, 2.05) is 0 Å². The molecule has 0 aliphatic heterocycles. The van der Waals surface area contributed by atoms with Gasteiger partial charge in [0.1, 0.15) is 0 Å². The molecule has 0 bridgehead atoms. The van der Waals surface area contributed by atoms with Gasteiger partial charge in [0, 0.05) is 12.5 Å². The third-order valence-corrected chi connectivity index (χ3v) is 2.14. The van der Waals surface area contributed by atoms with Crippen molar-refractivity contribution in [3.8, 4) is 17.1 Å². The second kappa shape index (κ2) is 4.32. The van der Waals surface area contributed by atoms with Crippen LogP contribution in [0.3, 0.4) is 0 Å². The van der Waals surface area contributed by atoms with Gasteiger partial charge in [0.25, 0.3) is 5.89 Å². The lowest BCUT2D eigenvalue weighted by Crippen LogP contribution is -1.92. The smallest absolute Gasteiger partial charge is 0.294 e. The molecule has 88 valence electrons. The van der Waals surface area contributed by atoms with Crippen LogP contribution >= 0.6 is 0 Å². The van der Waals surface area contributed by atoms with Crippen LogP contribution in [0, 0.1) is 5.82 Å². The van der Waals surface area contributed by atoms with E-state index in [-0.39, 0.29) is 23.2 Å². The van der Waals surface area contributed by atoms with E-state index < -0.39 is 5.82 Å². The van der Waals surface area contributed by atoms with Crippen LogP contribution < -0.4 is 4.74 Å². The van der Waals surface area contributed by atoms with Crippen LogP contribution in [0.15, 0.2) is 22.7 Å². The number of aromatic nitrogens is 2. The van der Waals surface area contributed by atoms with Gasteiger partial charge in [-0.15, -0.1) is 0 Å².